The molecule has 3 nitrogen and oxygen atoms in total. The standard InChI is InChI=1S/C15H18N2O/c1-12-5-3-4-6-14(12)13-7-8-16-15(11-13)17(2)9-10-18/h3-8,11,18H,9-10H2,1-2H3. The lowest BCUT2D eigenvalue weighted by Crippen LogP contribution is -2.22. The van der Waals surface area contributed by atoms with Crippen molar-refractivity contribution >= 4 is 5.82 Å². The van der Waals surface area contributed by atoms with Gasteiger partial charge in [0.05, 0.1) is 6.61 Å². The summed E-state index contributed by atoms with van der Waals surface area (Å²) in [6.45, 7) is 2.82. The Morgan fingerprint density at radius 1 is 1.22 bits per heavy atom. The molecule has 1 heterocycles. The minimum absolute atomic E-state index is 0.132. The monoisotopic (exact) mass is 242 g/mol. The zero-order valence-electron chi connectivity index (χ0n) is 10.8. The molecule has 0 saturated carbocycles. The molecule has 0 atom stereocenters. The molecule has 0 amide bonds. The van der Waals surface area contributed by atoms with Crippen LogP contribution < -0.4 is 4.90 Å². The summed E-state index contributed by atoms with van der Waals surface area (Å²) < 4.78 is 0. The molecule has 0 aliphatic heterocycles. The highest BCUT2D eigenvalue weighted by Crippen LogP contribution is 2.25. The molecule has 0 aliphatic rings. The summed E-state index contributed by atoms with van der Waals surface area (Å²) in [6.07, 6.45) is 1.81. The zero-order valence-corrected chi connectivity index (χ0v) is 10.8. The van der Waals surface area contributed by atoms with E-state index in [9.17, 15) is 0 Å². The second kappa shape index (κ2) is 5.65. The van der Waals surface area contributed by atoms with E-state index in [-0.39, 0.29) is 6.61 Å². The van der Waals surface area contributed by atoms with E-state index in [0.29, 0.717) is 6.54 Å². The van der Waals surface area contributed by atoms with Crippen LogP contribution in [0, 0.1) is 6.92 Å². The number of anilines is 1. The van der Waals surface area contributed by atoms with Crippen molar-refractivity contribution in [3.8, 4) is 11.1 Å². The van der Waals surface area contributed by atoms with Gasteiger partial charge in [0.15, 0.2) is 0 Å². The maximum Gasteiger partial charge on any atom is 0.128 e. The Morgan fingerprint density at radius 2 is 2.00 bits per heavy atom. The Bertz CT molecular complexity index is 525. The van der Waals surface area contributed by atoms with Crippen LogP contribution in [0.4, 0.5) is 5.82 Å². The van der Waals surface area contributed by atoms with Crippen molar-refractivity contribution in [2.75, 3.05) is 25.1 Å². The lowest BCUT2D eigenvalue weighted by molar-refractivity contribution is 0.304. The molecule has 0 radical (unpaired) electrons. The van der Waals surface area contributed by atoms with Gasteiger partial charge in [-0.15, -0.1) is 0 Å². The molecule has 3 heteroatoms. The number of benzene rings is 1. The first kappa shape index (κ1) is 12.6. The van der Waals surface area contributed by atoms with Crippen LogP contribution in [0.5, 0.6) is 0 Å². The predicted octanol–water partition coefficient (Wildman–Crippen LogP) is 2.49. The fourth-order valence-electron chi connectivity index (χ4n) is 1.96. The first-order chi connectivity index (χ1) is 8.72. The number of aliphatic hydroxyl groups is 1. The van der Waals surface area contributed by atoms with Gasteiger partial charge in [-0.1, -0.05) is 24.3 Å². The van der Waals surface area contributed by atoms with E-state index in [1.807, 2.05) is 36.3 Å². The normalized spacial score (nSPS) is 10.4. The third kappa shape index (κ3) is 2.68. The summed E-state index contributed by atoms with van der Waals surface area (Å²) in [5, 5.41) is 8.96. The molecule has 2 rings (SSSR count). The van der Waals surface area contributed by atoms with Gasteiger partial charge in [-0.3, -0.25) is 0 Å². The van der Waals surface area contributed by atoms with Gasteiger partial charge in [0.2, 0.25) is 0 Å². The van der Waals surface area contributed by atoms with Crippen molar-refractivity contribution in [3.05, 3.63) is 48.2 Å². The highest BCUT2D eigenvalue weighted by molar-refractivity contribution is 5.69. The van der Waals surface area contributed by atoms with E-state index in [1.54, 1.807) is 0 Å². The smallest absolute Gasteiger partial charge is 0.128 e. The third-order valence-corrected chi connectivity index (χ3v) is 3.03. The van der Waals surface area contributed by atoms with E-state index in [0.717, 1.165) is 11.4 Å². The number of pyridine rings is 1. The minimum Gasteiger partial charge on any atom is -0.395 e. The molecule has 2 aromatic rings. The fourth-order valence-corrected chi connectivity index (χ4v) is 1.96. The summed E-state index contributed by atoms with van der Waals surface area (Å²) in [5.74, 6) is 0.879. The van der Waals surface area contributed by atoms with Crippen molar-refractivity contribution in [3.63, 3.8) is 0 Å². The van der Waals surface area contributed by atoms with Crippen molar-refractivity contribution in [1.29, 1.82) is 0 Å². The molecule has 0 bridgehead atoms. The van der Waals surface area contributed by atoms with Crippen molar-refractivity contribution < 1.29 is 5.11 Å². The van der Waals surface area contributed by atoms with Crippen LogP contribution in [0.2, 0.25) is 0 Å². The van der Waals surface area contributed by atoms with E-state index < -0.39 is 0 Å². The van der Waals surface area contributed by atoms with Gasteiger partial charge in [0.25, 0.3) is 0 Å². The first-order valence-corrected chi connectivity index (χ1v) is 6.06. The second-order valence-corrected chi connectivity index (χ2v) is 4.36. The van der Waals surface area contributed by atoms with Gasteiger partial charge < -0.3 is 10.0 Å². The summed E-state index contributed by atoms with van der Waals surface area (Å²) in [6, 6.07) is 12.4. The molecule has 1 aromatic carbocycles. The van der Waals surface area contributed by atoms with Gasteiger partial charge in [0, 0.05) is 19.8 Å². The Hall–Kier alpha value is -1.87. The van der Waals surface area contributed by atoms with Crippen molar-refractivity contribution in [1.82, 2.24) is 4.98 Å². The fraction of sp³-hybridized carbons (Fsp3) is 0.267. The molecule has 0 saturated heterocycles. The summed E-state index contributed by atoms with van der Waals surface area (Å²) >= 11 is 0. The average Bonchev–Trinajstić information content (AvgIpc) is 2.40. The quantitative estimate of drug-likeness (QED) is 0.894. The molecule has 18 heavy (non-hydrogen) atoms. The minimum atomic E-state index is 0.132. The number of nitrogens with zero attached hydrogens (tertiary/aromatic N) is 2. The molecule has 1 aromatic heterocycles. The number of rotatable bonds is 4. The van der Waals surface area contributed by atoms with Crippen LogP contribution in [-0.2, 0) is 0 Å². The molecule has 0 spiro atoms. The first-order valence-electron chi connectivity index (χ1n) is 6.06. The van der Waals surface area contributed by atoms with Crippen LogP contribution in [-0.4, -0.2) is 30.3 Å². The highest BCUT2D eigenvalue weighted by atomic mass is 16.3. The van der Waals surface area contributed by atoms with Crippen LogP contribution >= 0.6 is 0 Å². The molecule has 94 valence electrons. The number of aromatic nitrogens is 1. The van der Waals surface area contributed by atoms with Crippen LogP contribution in [0.25, 0.3) is 11.1 Å². The molecular weight excluding hydrogens is 224 g/mol. The molecule has 0 unspecified atom stereocenters. The van der Waals surface area contributed by atoms with E-state index in [1.165, 1.54) is 11.1 Å². The van der Waals surface area contributed by atoms with Gasteiger partial charge in [0.1, 0.15) is 5.82 Å². The Labute approximate surface area is 108 Å². The number of hydrogen-bond acceptors (Lipinski definition) is 3. The van der Waals surface area contributed by atoms with Crippen LogP contribution in [0.3, 0.4) is 0 Å². The number of hydrogen-bond donors (Lipinski definition) is 1. The average molecular weight is 242 g/mol. The van der Waals surface area contributed by atoms with Gasteiger partial charge in [-0.05, 0) is 35.7 Å². The largest absolute Gasteiger partial charge is 0.395 e. The SMILES string of the molecule is Cc1ccccc1-c1ccnc(N(C)CCO)c1. The van der Waals surface area contributed by atoms with Gasteiger partial charge in [-0.25, -0.2) is 4.98 Å². The van der Waals surface area contributed by atoms with Crippen molar-refractivity contribution in [2.24, 2.45) is 0 Å². The zero-order chi connectivity index (χ0) is 13.0. The van der Waals surface area contributed by atoms with Gasteiger partial charge >= 0.3 is 0 Å². The second-order valence-electron chi connectivity index (χ2n) is 4.36. The third-order valence-electron chi connectivity index (χ3n) is 3.03. The Kier molecular flexibility index (Phi) is 3.95. The number of aliphatic hydroxyl groups excluding tert-OH is 1. The van der Waals surface area contributed by atoms with Crippen LogP contribution in [0.1, 0.15) is 5.56 Å². The maximum atomic E-state index is 8.96. The lowest BCUT2D eigenvalue weighted by atomic mass is 10.0. The maximum absolute atomic E-state index is 8.96. The summed E-state index contributed by atoms with van der Waals surface area (Å²) in [4.78, 5) is 6.27. The van der Waals surface area contributed by atoms with E-state index in [4.69, 9.17) is 5.11 Å². The number of aryl methyl sites for hydroxylation is 1. The lowest BCUT2D eigenvalue weighted by Gasteiger charge is -2.17. The van der Waals surface area contributed by atoms with E-state index in [2.05, 4.69) is 30.1 Å². The molecule has 0 aliphatic carbocycles. The summed E-state index contributed by atoms with van der Waals surface area (Å²) in [5.41, 5.74) is 3.63. The topological polar surface area (TPSA) is 36.4 Å². The van der Waals surface area contributed by atoms with E-state index >= 15 is 0 Å². The Morgan fingerprint density at radius 3 is 2.72 bits per heavy atom. The highest BCUT2D eigenvalue weighted by Gasteiger charge is 2.05. The van der Waals surface area contributed by atoms with Crippen molar-refractivity contribution in [2.45, 2.75) is 6.92 Å². The molecular formula is C15H18N2O. The molecule has 0 fully saturated rings. The van der Waals surface area contributed by atoms with Gasteiger partial charge in [-0.2, -0.15) is 0 Å². The Balaban J connectivity index is 2.36. The van der Waals surface area contributed by atoms with Crippen LogP contribution in [0.15, 0.2) is 42.6 Å². The number of likely N-dealkylation sites (N-methyl/N-ethyl adjacent to an activating group) is 1. The predicted molar refractivity (Wildman–Crippen MR) is 74.8 cm³/mol. The summed E-state index contributed by atoms with van der Waals surface area (Å²) in [7, 11) is 1.93. The molecule has 1 N–H and O–H groups in total.